The summed E-state index contributed by atoms with van der Waals surface area (Å²) in [4.78, 5) is 0. The zero-order valence-electron chi connectivity index (χ0n) is 13.9. The molecule has 3 aromatic carbocycles. The van der Waals surface area contributed by atoms with Gasteiger partial charge in [-0.25, -0.2) is 0 Å². The maximum absolute atomic E-state index is 3.24. The van der Waals surface area contributed by atoms with Crippen molar-refractivity contribution >= 4 is 0 Å². The van der Waals surface area contributed by atoms with Crippen molar-refractivity contribution in [1.29, 1.82) is 0 Å². The van der Waals surface area contributed by atoms with Crippen LogP contribution >= 0.6 is 0 Å². The Hall–Kier alpha value is -3.22. The van der Waals surface area contributed by atoms with Crippen molar-refractivity contribution in [1.82, 2.24) is 0 Å². The summed E-state index contributed by atoms with van der Waals surface area (Å²) >= 11 is 0. The number of rotatable bonds is 0. The molecule has 0 amide bonds. The van der Waals surface area contributed by atoms with Gasteiger partial charge in [0, 0.05) is 22.3 Å². The van der Waals surface area contributed by atoms with Gasteiger partial charge in [-0.3, -0.25) is 0 Å². The SMILES string of the molecule is Cc1ccc(C#Cc2ccccc2C#Cc2ccc(C)cc2)cc1. The minimum Gasteiger partial charge on any atom is -0.0616 e. The third-order valence-electron chi connectivity index (χ3n) is 3.71. The topological polar surface area (TPSA) is 0 Å². The molecule has 0 aliphatic heterocycles. The lowest BCUT2D eigenvalue weighted by molar-refractivity contribution is 1.46. The Morgan fingerprint density at radius 2 is 0.833 bits per heavy atom. The maximum atomic E-state index is 3.24. The Labute approximate surface area is 144 Å². The Kier molecular flexibility index (Phi) is 4.81. The highest BCUT2D eigenvalue weighted by Gasteiger charge is 1.95. The molecular weight excluding hydrogens is 288 g/mol. The molecule has 0 heterocycles. The van der Waals surface area contributed by atoms with Gasteiger partial charge in [-0.2, -0.15) is 0 Å². The number of hydrogen-bond acceptors (Lipinski definition) is 0. The maximum Gasteiger partial charge on any atom is 0.0405 e. The van der Waals surface area contributed by atoms with Crippen molar-refractivity contribution in [3.8, 4) is 23.7 Å². The highest BCUT2D eigenvalue weighted by molar-refractivity contribution is 5.54. The summed E-state index contributed by atoms with van der Waals surface area (Å²) in [5.41, 5.74) is 6.42. The van der Waals surface area contributed by atoms with E-state index in [2.05, 4.69) is 61.8 Å². The van der Waals surface area contributed by atoms with Crippen molar-refractivity contribution in [2.45, 2.75) is 13.8 Å². The van der Waals surface area contributed by atoms with Crippen LogP contribution in [0.3, 0.4) is 0 Å². The molecule has 0 saturated heterocycles. The molecule has 0 aliphatic carbocycles. The van der Waals surface area contributed by atoms with E-state index in [1.165, 1.54) is 11.1 Å². The van der Waals surface area contributed by atoms with Gasteiger partial charge < -0.3 is 0 Å². The fourth-order valence-corrected chi connectivity index (χ4v) is 2.25. The van der Waals surface area contributed by atoms with E-state index in [1.54, 1.807) is 0 Å². The van der Waals surface area contributed by atoms with E-state index in [1.807, 2.05) is 48.5 Å². The summed E-state index contributed by atoms with van der Waals surface area (Å²) in [6, 6.07) is 24.5. The molecule has 3 rings (SSSR count). The molecule has 0 saturated carbocycles. The second kappa shape index (κ2) is 7.36. The van der Waals surface area contributed by atoms with E-state index in [0.717, 1.165) is 22.3 Å². The van der Waals surface area contributed by atoms with Crippen molar-refractivity contribution in [2.24, 2.45) is 0 Å². The first-order valence-corrected chi connectivity index (χ1v) is 7.97. The largest absolute Gasteiger partial charge is 0.0616 e. The van der Waals surface area contributed by atoms with E-state index < -0.39 is 0 Å². The normalized spacial score (nSPS) is 9.42. The third-order valence-corrected chi connectivity index (χ3v) is 3.71. The zero-order chi connectivity index (χ0) is 16.8. The molecule has 0 nitrogen and oxygen atoms in total. The average molecular weight is 306 g/mol. The smallest absolute Gasteiger partial charge is 0.0405 e. The molecule has 0 N–H and O–H groups in total. The molecule has 0 aromatic heterocycles. The van der Waals surface area contributed by atoms with Gasteiger partial charge in [0.25, 0.3) is 0 Å². The first-order chi connectivity index (χ1) is 11.7. The van der Waals surface area contributed by atoms with Gasteiger partial charge in [0.05, 0.1) is 0 Å². The van der Waals surface area contributed by atoms with Crippen LogP contribution in [0.25, 0.3) is 0 Å². The number of hydrogen-bond donors (Lipinski definition) is 0. The van der Waals surface area contributed by atoms with Crippen molar-refractivity contribution in [2.75, 3.05) is 0 Å². The van der Waals surface area contributed by atoms with E-state index in [9.17, 15) is 0 Å². The molecule has 0 radical (unpaired) electrons. The summed E-state index contributed by atoms with van der Waals surface area (Å²) in [5, 5.41) is 0. The van der Waals surface area contributed by atoms with Crippen LogP contribution in [0, 0.1) is 37.5 Å². The van der Waals surface area contributed by atoms with Crippen LogP contribution < -0.4 is 0 Å². The minimum atomic E-state index is 0.956. The Morgan fingerprint density at radius 1 is 0.458 bits per heavy atom. The Balaban J connectivity index is 1.89. The van der Waals surface area contributed by atoms with Crippen LogP contribution in [0.1, 0.15) is 33.4 Å². The van der Waals surface area contributed by atoms with E-state index >= 15 is 0 Å². The van der Waals surface area contributed by atoms with Gasteiger partial charge >= 0.3 is 0 Å². The first kappa shape index (κ1) is 15.7. The molecule has 0 unspecified atom stereocenters. The predicted octanol–water partition coefficient (Wildman–Crippen LogP) is 5.10. The van der Waals surface area contributed by atoms with Crippen LogP contribution in [-0.2, 0) is 0 Å². The monoisotopic (exact) mass is 306 g/mol. The fourth-order valence-electron chi connectivity index (χ4n) is 2.25. The molecule has 0 aliphatic rings. The highest BCUT2D eigenvalue weighted by Crippen LogP contribution is 2.08. The standard InChI is InChI=1S/C24H18/c1-19-7-11-21(12-8-19)15-17-23-5-3-4-6-24(23)18-16-22-13-9-20(2)10-14-22/h3-14H,1-2H3. The lowest BCUT2D eigenvalue weighted by Gasteiger charge is -1.96. The number of aryl methyl sites for hydroxylation is 2. The van der Waals surface area contributed by atoms with Gasteiger partial charge in [-0.05, 0) is 50.2 Å². The minimum absolute atomic E-state index is 0.956. The summed E-state index contributed by atoms with van der Waals surface area (Å²) < 4.78 is 0. The second-order valence-corrected chi connectivity index (χ2v) is 5.78. The van der Waals surface area contributed by atoms with Gasteiger partial charge in [0.2, 0.25) is 0 Å². The van der Waals surface area contributed by atoms with E-state index in [0.29, 0.717) is 0 Å². The van der Waals surface area contributed by atoms with Crippen LogP contribution in [0.5, 0.6) is 0 Å². The third kappa shape index (κ3) is 4.16. The quantitative estimate of drug-likeness (QED) is 0.507. The molecule has 0 atom stereocenters. The van der Waals surface area contributed by atoms with Crippen molar-refractivity contribution < 1.29 is 0 Å². The predicted molar refractivity (Wildman–Crippen MR) is 101 cm³/mol. The lowest BCUT2D eigenvalue weighted by Crippen LogP contribution is -1.84. The van der Waals surface area contributed by atoms with Crippen LogP contribution in [0.15, 0.2) is 72.8 Å². The van der Waals surface area contributed by atoms with Gasteiger partial charge in [-0.15, -0.1) is 0 Å². The van der Waals surface area contributed by atoms with Gasteiger partial charge in [-0.1, -0.05) is 71.2 Å². The molecule has 24 heavy (non-hydrogen) atoms. The number of benzene rings is 3. The fraction of sp³-hybridized carbons (Fsp3) is 0.0833. The summed E-state index contributed by atoms with van der Waals surface area (Å²) in [5.74, 6) is 12.9. The highest BCUT2D eigenvalue weighted by atomic mass is 14.0. The molecule has 0 fully saturated rings. The summed E-state index contributed by atoms with van der Waals surface area (Å²) in [6.45, 7) is 4.15. The van der Waals surface area contributed by atoms with Crippen LogP contribution in [0.2, 0.25) is 0 Å². The van der Waals surface area contributed by atoms with Crippen molar-refractivity contribution in [3.05, 3.63) is 106 Å². The second-order valence-electron chi connectivity index (χ2n) is 5.78. The van der Waals surface area contributed by atoms with E-state index in [-0.39, 0.29) is 0 Å². The summed E-state index contributed by atoms with van der Waals surface area (Å²) in [6.07, 6.45) is 0. The molecule has 0 bridgehead atoms. The molecule has 3 aromatic rings. The Bertz CT molecular complexity index is 868. The molecule has 114 valence electrons. The average Bonchev–Trinajstić information content (AvgIpc) is 2.61. The molecule has 0 heteroatoms. The van der Waals surface area contributed by atoms with Crippen LogP contribution in [-0.4, -0.2) is 0 Å². The van der Waals surface area contributed by atoms with Crippen molar-refractivity contribution in [3.63, 3.8) is 0 Å². The first-order valence-electron chi connectivity index (χ1n) is 7.97. The Morgan fingerprint density at radius 3 is 1.21 bits per heavy atom. The zero-order valence-corrected chi connectivity index (χ0v) is 13.9. The lowest BCUT2D eigenvalue weighted by atomic mass is 10.1. The molecule has 0 spiro atoms. The summed E-state index contributed by atoms with van der Waals surface area (Å²) in [7, 11) is 0. The van der Waals surface area contributed by atoms with Gasteiger partial charge in [0.1, 0.15) is 0 Å². The van der Waals surface area contributed by atoms with Crippen LogP contribution in [0.4, 0.5) is 0 Å². The van der Waals surface area contributed by atoms with E-state index in [4.69, 9.17) is 0 Å². The van der Waals surface area contributed by atoms with Gasteiger partial charge in [0.15, 0.2) is 0 Å². The molecular formula is C24H18.